The molecule has 2 amide bonds. The lowest BCUT2D eigenvalue weighted by atomic mass is 10.2. The van der Waals surface area contributed by atoms with Crippen LogP contribution in [0.4, 0.5) is 20.3 Å². The van der Waals surface area contributed by atoms with Gasteiger partial charge in [0.25, 0.3) is 11.8 Å². The minimum absolute atomic E-state index is 0.0627. The summed E-state index contributed by atoms with van der Waals surface area (Å²) in [5.41, 5.74) is 1.99. The van der Waals surface area contributed by atoms with Crippen LogP contribution in [0.15, 0.2) is 78.9 Å². The molecule has 7 nitrogen and oxygen atoms in total. The first-order valence-corrected chi connectivity index (χ1v) is 10.7. The Hall–Kier alpha value is -4.66. The van der Waals surface area contributed by atoms with E-state index in [0.717, 1.165) is 0 Å². The highest BCUT2D eigenvalue weighted by Crippen LogP contribution is 2.35. The van der Waals surface area contributed by atoms with Crippen molar-refractivity contribution in [3.05, 3.63) is 113 Å². The van der Waals surface area contributed by atoms with Gasteiger partial charge in [-0.05, 0) is 60.7 Å². The maximum atomic E-state index is 13.5. The van der Waals surface area contributed by atoms with Gasteiger partial charge in [0.2, 0.25) is 6.41 Å². The molecule has 0 unspecified atom stereocenters. The third kappa shape index (κ3) is 4.08. The van der Waals surface area contributed by atoms with Gasteiger partial charge < -0.3 is 4.90 Å². The first kappa shape index (κ1) is 22.1. The average molecular weight is 472 g/mol. The average Bonchev–Trinajstić information content (AvgIpc) is 3.46. The number of carbonyl (C=O) groups excluding carboxylic acids is 3. The maximum Gasteiger partial charge on any atom is 0.278 e. The van der Waals surface area contributed by atoms with E-state index in [1.54, 1.807) is 30.3 Å². The van der Waals surface area contributed by atoms with Gasteiger partial charge in [0.15, 0.2) is 5.82 Å². The zero-order valence-corrected chi connectivity index (χ0v) is 18.3. The summed E-state index contributed by atoms with van der Waals surface area (Å²) in [6, 6.07) is 18.9. The van der Waals surface area contributed by atoms with E-state index in [1.807, 2.05) is 0 Å². The standard InChI is InChI=1S/C26H18F2N4O3/c27-19-8-6-18(7-9-19)25(34)30-14-22-23(15-30)32(26(35)17-4-2-1-3-5-17)29-24(22)31(16-33)21-12-10-20(28)11-13-21/h1-13,16H,14-15H2. The van der Waals surface area contributed by atoms with Crippen molar-refractivity contribution in [1.82, 2.24) is 14.7 Å². The Bertz CT molecular complexity index is 1420. The highest BCUT2D eigenvalue weighted by molar-refractivity contribution is 5.98. The van der Waals surface area contributed by atoms with Crippen LogP contribution in [0.1, 0.15) is 32.0 Å². The molecule has 2 heterocycles. The van der Waals surface area contributed by atoms with Crippen LogP contribution in [0.5, 0.6) is 0 Å². The summed E-state index contributed by atoms with van der Waals surface area (Å²) in [5.74, 6) is -1.54. The van der Waals surface area contributed by atoms with E-state index in [0.29, 0.717) is 28.9 Å². The minimum Gasteiger partial charge on any atom is -0.328 e. The molecular formula is C26H18F2N4O3. The number of carbonyl (C=O) groups is 3. The number of amides is 2. The number of anilines is 2. The zero-order chi connectivity index (χ0) is 24.5. The van der Waals surface area contributed by atoms with Crippen molar-refractivity contribution in [3.8, 4) is 0 Å². The lowest BCUT2D eigenvalue weighted by Crippen LogP contribution is -2.28. The molecule has 0 saturated heterocycles. The number of hydrogen-bond acceptors (Lipinski definition) is 4. The third-order valence-electron chi connectivity index (χ3n) is 5.79. The van der Waals surface area contributed by atoms with Crippen molar-refractivity contribution in [2.24, 2.45) is 0 Å². The van der Waals surface area contributed by atoms with Crippen LogP contribution in [0.25, 0.3) is 0 Å². The summed E-state index contributed by atoms with van der Waals surface area (Å²) in [7, 11) is 0. The Kier molecular flexibility index (Phi) is 5.66. The molecule has 3 aromatic carbocycles. The number of fused-ring (bicyclic) bond motifs is 1. The Morgan fingerprint density at radius 1 is 0.800 bits per heavy atom. The number of aromatic nitrogens is 2. The van der Waals surface area contributed by atoms with Crippen molar-refractivity contribution < 1.29 is 23.2 Å². The Labute approximate surface area is 198 Å². The zero-order valence-electron chi connectivity index (χ0n) is 18.3. The van der Waals surface area contributed by atoms with Gasteiger partial charge in [-0.25, -0.2) is 8.78 Å². The van der Waals surface area contributed by atoms with Crippen LogP contribution < -0.4 is 4.90 Å². The lowest BCUT2D eigenvalue weighted by molar-refractivity contribution is -0.106. The number of hydrogen-bond donors (Lipinski definition) is 0. The molecular weight excluding hydrogens is 454 g/mol. The van der Waals surface area contributed by atoms with Gasteiger partial charge in [-0.2, -0.15) is 4.68 Å². The summed E-state index contributed by atoms with van der Waals surface area (Å²) in [4.78, 5) is 41.2. The fourth-order valence-corrected chi connectivity index (χ4v) is 4.04. The predicted octanol–water partition coefficient (Wildman–Crippen LogP) is 4.30. The van der Waals surface area contributed by atoms with Crippen LogP contribution >= 0.6 is 0 Å². The second kappa shape index (κ2) is 8.94. The summed E-state index contributed by atoms with van der Waals surface area (Å²) in [6.45, 7) is 0.141. The molecule has 35 heavy (non-hydrogen) atoms. The molecule has 1 aliphatic heterocycles. The van der Waals surface area contributed by atoms with Crippen molar-refractivity contribution in [2.75, 3.05) is 4.90 Å². The third-order valence-corrected chi connectivity index (χ3v) is 5.79. The molecule has 0 bridgehead atoms. The van der Waals surface area contributed by atoms with Gasteiger partial charge in [-0.3, -0.25) is 19.3 Å². The van der Waals surface area contributed by atoms with E-state index in [4.69, 9.17) is 0 Å². The van der Waals surface area contributed by atoms with Crippen molar-refractivity contribution in [2.45, 2.75) is 13.1 Å². The fraction of sp³-hybridized carbons (Fsp3) is 0.0769. The molecule has 0 aliphatic carbocycles. The first-order chi connectivity index (χ1) is 17.0. The molecule has 1 aromatic heterocycles. The van der Waals surface area contributed by atoms with Gasteiger partial charge in [-0.15, -0.1) is 5.10 Å². The van der Waals surface area contributed by atoms with Crippen LogP contribution in [-0.2, 0) is 17.9 Å². The van der Waals surface area contributed by atoms with Crippen molar-refractivity contribution >= 4 is 29.7 Å². The Morgan fingerprint density at radius 2 is 1.40 bits per heavy atom. The summed E-state index contributed by atoms with van der Waals surface area (Å²) < 4.78 is 28.0. The van der Waals surface area contributed by atoms with Crippen LogP contribution in [0, 0.1) is 11.6 Å². The molecule has 1 aliphatic rings. The van der Waals surface area contributed by atoms with Crippen LogP contribution in [0.2, 0.25) is 0 Å². The molecule has 0 N–H and O–H groups in total. The van der Waals surface area contributed by atoms with Gasteiger partial charge in [-0.1, -0.05) is 18.2 Å². The molecule has 174 valence electrons. The SMILES string of the molecule is O=CN(c1ccc(F)cc1)c1nn(C(=O)c2ccccc2)c2c1CN(C(=O)c1ccc(F)cc1)C2. The van der Waals surface area contributed by atoms with E-state index < -0.39 is 17.5 Å². The minimum atomic E-state index is -0.467. The fourth-order valence-electron chi connectivity index (χ4n) is 4.04. The maximum absolute atomic E-state index is 13.5. The number of halogens is 2. The van der Waals surface area contributed by atoms with Gasteiger partial charge >= 0.3 is 0 Å². The quantitative estimate of drug-likeness (QED) is 0.406. The van der Waals surface area contributed by atoms with E-state index in [2.05, 4.69) is 5.10 Å². The van der Waals surface area contributed by atoms with Crippen molar-refractivity contribution in [1.29, 1.82) is 0 Å². The van der Waals surface area contributed by atoms with E-state index in [-0.39, 0.29) is 30.4 Å². The molecule has 0 spiro atoms. The second-order valence-electron chi connectivity index (χ2n) is 7.95. The smallest absolute Gasteiger partial charge is 0.278 e. The molecule has 0 atom stereocenters. The summed E-state index contributed by atoms with van der Waals surface area (Å²) in [5, 5.41) is 4.44. The van der Waals surface area contributed by atoms with Crippen LogP contribution in [-0.4, -0.2) is 32.9 Å². The van der Waals surface area contributed by atoms with Crippen molar-refractivity contribution in [3.63, 3.8) is 0 Å². The Morgan fingerprint density at radius 3 is 2.03 bits per heavy atom. The van der Waals surface area contributed by atoms with Gasteiger partial charge in [0.05, 0.1) is 24.5 Å². The van der Waals surface area contributed by atoms with E-state index in [9.17, 15) is 23.2 Å². The molecule has 5 rings (SSSR count). The first-order valence-electron chi connectivity index (χ1n) is 10.7. The highest BCUT2D eigenvalue weighted by Gasteiger charge is 2.35. The topological polar surface area (TPSA) is 75.5 Å². The van der Waals surface area contributed by atoms with Crippen LogP contribution in [0.3, 0.4) is 0 Å². The molecule has 4 aromatic rings. The summed E-state index contributed by atoms with van der Waals surface area (Å²) >= 11 is 0. The van der Waals surface area contributed by atoms with E-state index in [1.165, 1.54) is 63.0 Å². The predicted molar refractivity (Wildman–Crippen MR) is 123 cm³/mol. The Balaban J connectivity index is 1.57. The highest BCUT2D eigenvalue weighted by atomic mass is 19.1. The normalized spacial score (nSPS) is 12.3. The second-order valence-corrected chi connectivity index (χ2v) is 7.95. The molecule has 0 saturated carbocycles. The molecule has 9 heteroatoms. The lowest BCUT2D eigenvalue weighted by Gasteiger charge is -2.19. The monoisotopic (exact) mass is 472 g/mol. The summed E-state index contributed by atoms with van der Waals surface area (Å²) in [6.07, 6.45) is 0.525. The number of nitrogens with zero attached hydrogens (tertiary/aromatic N) is 4. The number of rotatable bonds is 5. The van der Waals surface area contributed by atoms with E-state index >= 15 is 0 Å². The molecule has 0 fully saturated rings. The van der Waals surface area contributed by atoms with Gasteiger partial charge in [0, 0.05) is 16.7 Å². The van der Waals surface area contributed by atoms with Gasteiger partial charge in [0.1, 0.15) is 11.6 Å². The molecule has 0 radical (unpaired) electrons. The number of benzene rings is 3. The largest absolute Gasteiger partial charge is 0.328 e.